The van der Waals surface area contributed by atoms with E-state index in [9.17, 15) is 0 Å². The van der Waals surface area contributed by atoms with Gasteiger partial charge < -0.3 is 10.2 Å². The molecule has 0 saturated heterocycles. The van der Waals surface area contributed by atoms with E-state index in [1.165, 1.54) is 10.4 Å². The normalized spacial score (nSPS) is 10.8. The minimum Gasteiger partial charge on any atom is -0.350 e. The summed E-state index contributed by atoms with van der Waals surface area (Å²) in [6, 6.07) is 10.4. The van der Waals surface area contributed by atoms with Crippen molar-refractivity contribution in [3.8, 4) is 11.3 Å². The van der Waals surface area contributed by atoms with Crippen molar-refractivity contribution in [1.82, 2.24) is 10.3 Å². The van der Waals surface area contributed by atoms with Crippen LogP contribution in [0.5, 0.6) is 0 Å². The lowest BCUT2D eigenvalue weighted by molar-refractivity contribution is 0.831. The number of hydrogen-bond donors (Lipinski definition) is 1. The number of hydrogen-bond acceptors (Lipinski definition) is 5. The molecule has 20 heavy (non-hydrogen) atoms. The van der Waals surface area contributed by atoms with Crippen molar-refractivity contribution in [2.75, 3.05) is 37.5 Å². The maximum atomic E-state index is 4.85. The number of thiazole rings is 1. The Morgan fingerprint density at radius 2 is 2.05 bits per heavy atom. The zero-order valence-electron chi connectivity index (χ0n) is 12.2. The van der Waals surface area contributed by atoms with Crippen LogP contribution in [0.4, 0.5) is 5.13 Å². The molecule has 0 amide bonds. The first-order valence-electron chi connectivity index (χ1n) is 6.66. The molecule has 0 bridgehead atoms. The zero-order valence-corrected chi connectivity index (χ0v) is 13.9. The quantitative estimate of drug-likeness (QED) is 0.849. The molecule has 1 N–H and O–H groups in total. The highest BCUT2D eigenvalue weighted by Gasteiger charge is 2.14. The van der Waals surface area contributed by atoms with E-state index in [1.807, 2.05) is 24.9 Å². The van der Waals surface area contributed by atoms with Gasteiger partial charge in [0.25, 0.3) is 0 Å². The SMILES string of the molecule is CNCc1sc(N(C)CCSC)nc1-c1ccccc1. The molecule has 0 spiro atoms. The number of nitrogens with one attached hydrogen (secondary N) is 1. The Balaban J connectivity index is 2.28. The Bertz CT molecular complexity index is 525. The van der Waals surface area contributed by atoms with Crippen LogP contribution >= 0.6 is 23.1 Å². The molecule has 1 heterocycles. The number of nitrogens with zero attached hydrogens (tertiary/aromatic N) is 2. The standard InChI is InChI=1S/C15H21N3S2/c1-16-11-13-14(12-7-5-4-6-8-12)17-15(20-13)18(2)9-10-19-3/h4-8,16H,9-11H2,1-3H3. The van der Waals surface area contributed by atoms with Crippen molar-refractivity contribution in [3.05, 3.63) is 35.2 Å². The van der Waals surface area contributed by atoms with Gasteiger partial charge in [-0.1, -0.05) is 41.7 Å². The average molecular weight is 307 g/mol. The molecule has 0 atom stereocenters. The summed E-state index contributed by atoms with van der Waals surface area (Å²) in [6.45, 7) is 1.89. The minimum atomic E-state index is 0.859. The van der Waals surface area contributed by atoms with Gasteiger partial charge in [-0.3, -0.25) is 0 Å². The van der Waals surface area contributed by atoms with Gasteiger partial charge in [0.2, 0.25) is 0 Å². The molecule has 3 nitrogen and oxygen atoms in total. The molecule has 0 fully saturated rings. The Labute approximate surface area is 129 Å². The van der Waals surface area contributed by atoms with E-state index in [0.717, 1.165) is 29.7 Å². The third-order valence-electron chi connectivity index (χ3n) is 3.03. The summed E-state index contributed by atoms with van der Waals surface area (Å²) in [6.07, 6.45) is 2.14. The molecular weight excluding hydrogens is 286 g/mol. The molecule has 0 aliphatic carbocycles. The summed E-state index contributed by atoms with van der Waals surface area (Å²) in [5.74, 6) is 1.12. The van der Waals surface area contributed by atoms with E-state index in [0.29, 0.717) is 0 Å². The molecule has 0 unspecified atom stereocenters. The van der Waals surface area contributed by atoms with Crippen molar-refractivity contribution < 1.29 is 0 Å². The molecule has 2 rings (SSSR count). The van der Waals surface area contributed by atoms with E-state index in [-0.39, 0.29) is 0 Å². The van der Waals surface area contributed by atoms with Crippen LogP contribution in [0, 0.1) is 0 Å². The van der Waals surface area contributed by atoms with E-state index in [1.54, 1.807) is 11.3 Å². The lowest BCUT2D eigenvalue weighted by Crippen LogP contribution is -2.19. The number of anilines is 1. The fourth-order valence-electron chi connectivity index (χ4n) is 1.93. The second kappa shape index (κ2) is 7.67. The number of rotatable bonds is 7. The van der Waals surface area contributed by atoms with Crippen LogP contribution in [-0.2, 0) is 6.54 Å². The summed E-state index contributed by atoms with van der Waals surface area (Å²) < 4.78 is 0. The molecule has 0 radical (unpaired) electrons. The highest BCUT2D eigenvalue weighted by Crippen LogP contribution is 2.32. The van der Waals surface area contributed by atoms with E-state index in [2.05, 4.69) is 47.8 Å². The van der Waals surface area contributed by atoms with E-state index < -0.39 is 0 Å². The Morgan fingerprint density at radius 3 is 2.70 bits per heavy atom. The minimum absolute atomic E-state index is 0.859. The summed E-state index contributed by atoms with van der Waals surface area (Å²) in [7, 11) is 4.10. The monoisotopic (exact) mass is 307 g/mol. The topological polar surface area (TPSA) is 28.2 Å². The lowest BCUT2D eigenvalue weighted by atomic mass is 10.1. The van der Waals surface area contributed by atoms with Gasteiger partial charge in [0.05, 0.1) is 5.69 Å². The predicted molar refractivity (Wildman–Crippen MR) is 92.0 cm³/mol. The third-order valence-corrected chi connectivity index (χ3v) is 4.79. The van der Waals surface area contributed by atoms with Gasteiger partial charge in [0.15, 0.2) is 5.13 Å². The molecule has 2 aromatic rings. The van der Waals surface area contributed by atoms with Crippen molar-refractivity contribution in [1.29, 1.82) is 0 Å². The molecule has 108 valence electrons. The summed E-state index contributed by atoms with van der Waals surface area (Å²) >= 11 is 3.65. The van der Waals surface area contributed by atoms with Gasteiger partial charge >= 0.3 is 0 Å². The van der Waals surface area contributed by atoms with E-state index >= 15 is 0 Å². The Morgan fingerprint density at radius 1 is 1.30 bits per heavy atom. The summed E-state index contributed by atoms with van der Waals surface area (Å²) in [4.78, 5) is 8.39. The van der Waals surface area contributed by atoms with Crippen molar-refractivity contribution >= 4 is 28.2 Å². The number of aromatic nitrogens is 1. The fraction of sp³-hybridized carbons (Fsp3) is 0.400. The molecule has 1 aromatic carbocycles. The second-order valence-electron chi connectivity index (χ2n) is 4.58. The van der Waals surface area contributed by atoms with Crippen molar-refractivity contribution in [3.63, 3.8) is 0 Å². The van der Waals surface area contributed by atoms with Gasteiger partial charge in [-0.05, 0) is 13.3 Å². The highest BCUT2D eigenvalue weighted by molar-refractivity contribution is 7.98. The fourth-order valence-corrected chi connectivity index (χ4v) is 3.47. The van der Waals surface area contributed by atoms with E-state index in [4.69, 9.17) is 4.98 Å². The van der Waals surface area contributed by atoms with Crippen LogP contribution in [0.25, 0.3) is 11.3 Å². The Kier molecular flexibility index (Phi) is 5.88. The molecule has 0 saturated carbocycles. The van der Waals surface area contributed by atoms with Crippen molar-refractivity contribution in [2.24, 2.45) is 0 Å². The molecule has 0 aliphatic heterocycles. The maximum Gasteiger partial charge on any atom is 0.185 e. The molecule has 0 aliphatic rings. The smallest absolute Gasteiger partial charge is 0.185 e. The Hall–Kier alpha value is -1.04. The van der Waals surface area contributed by atoms with Gasteiger partial charge in [-0.2, -0.15) is 11.8 Å². The highest BCUT2D eigenvalue weighted by atomic mass is 32.2. The van der Waals surface area contributed by atoms with Crippen molar-refractivity contribution in [2.45, 2.75) is 6.54 Å². The van der Waals surface area contributed by atoms with Crippen LogP contribution in [0.2, 0.25) is 0 Å². The first-order valence-corrected chi connectivity index (χ1v) is 8.87. The third kappa shape index (κ3) is 3.75. The first kappa shape index (κ1) is 15.4. The van der Waals surface area contributed by atoms with Gasteiger partial charge in [-0.25, -0.2) is 4.98 Å². The van der Waals surface area contributed by atoms with Crippen LogP contribution < -0.4 is 10.2 Å². The van der Waals surface area contributed by atoms with Crippen LogP contribution in [0.3, 0.4) is 0 Å². The van der Waals surface area contributed by atoms with Gasteiger partial charge in [0.1, 0.15) is 0 Å². The summed E-state index contributed by atoms with van der Waals surface area (Å²) in [5, 5.41) is 4.34. The van der Waals surface area contributed by atoms with Crippen LogP contribution in [-0.4, -0.2) is 37.6 Å². The molecule has 5 heteroatoms. The number of benzene rings is 1. The largest absolute Gasteiger partial charge is 0.350 e. The van der Waals surface area contributed by atoms with Crippen LogP contribution in [0.1, 0.15) is 4.88 Å². The first-order chi connectivity index (χ1) is 9.76. The lowest BCUT2D eigenvalue weighted by Gasteiger charge is -2.14. The molecule has 1 aromatic heterocycles. The van der Waals surface area contributed by atoms with Gasteiger partial charge in [0, 0.05) is 36.3 Å². The average Bonchev–Trinajstić information content (AvgIpc) is 2.90. The number of thioether (sulfide) groups is 1. The van der Waals surface area contributed by atoms with Gasteiger partial charge in [-0.15, -0.1) is 0 Å². The summed E-state index contributed by atoms with van der Waals surface area (Å²) in [5.41, 5.74) is 2.30. The van der Waals surface area contributed by atoms with Crippen LogP contribution in [0.15, 0.2) is 30.3 Å². The maximum absolute atomic E-state index is 4.85. The molecular formula is C15H21N3S2. The zero-order chi connectivity index (χ0) is 14.4. The second-order valence-corrected chi connectivity index (χ2v) is 6.63. The predicted octanol–water partition coefficient (Wildman–Crippen LogP) is 3.33.